The lowest BCUT2D eigenvalue weighted by Gasteiger charge is -2.36. The highest BCUT2D eigenvalue weighted by Crippen LogP contribution is 2.27. The molecule has 2 fully saturated rings. The summed E-state index contributed by atoms with van der Waals surface area (Å²) in [6.45, 7) is 7.07. The van der Waals surface area contributed by atoms with Crippen LogP contribution in [0.5, 0.6) is 0 Å². The Kier molecular flexibility index (Phi) is 4.66. The van der Waals surface area contributed by atoms with Crippen molar-refractivity contribution in [3.8, 4) is 0 Å². The van der Waals surface area contributed by atoms with Crippen molar-refractivity contribution in [3.63, 3.8) is 0 Å². The molecule has 0 saturated carbocycles. The number of aromatic nitrogens is 2. The van der Waals surface area contributed by atoms with Crippen molar-refractivity contribution < 1.29 is 9.59 Å². The monoisotopic (exact) mass is 336 g/mol. The number of amides is 2. The summed E-state index contributed by atoms with van der Waals surface area (Å²) < 4.78 is 2.06. The van der Waals surface area contributed by atoms with Crippen LogP contribution in [-0.2, 0) is 9.59 Å². The number of carbonyl (C=O) groups is 2. The van der Waals surface area contributed by atoms with Crippen molar-refractivity contribution in [2.45, 2.75) is 45.7 Å². The molecule has 23 heavy (non-hydrogen) atoms. The first kappa shape index (κ1) is 16.4. The summed E-state index contributed by atoms with van der Waals surface area (Å²) in [6, 6.07) is 2.02. The fourth-order valence-corrected chi connectivity index (χ4v) is 4.75. The summed E-state index contributed by atoms with van der Waals surface area (Å²) in [4.78, 5) is 28.2. The molecule has 1 aromatic rings. The highest BCUT2D eigenvalue weighted by molar-refractivity contribution is 7.99. The van der Waals surface area contributed by atoms with Gasteiger partial charge in [-0.2, -0.15) is 5.10 Å². The molecule has 3 heterocycles. The molecular weight excluding hydrogens is 312 g/mol. The van der Waals surface area contributed by atoms with E-state index in [1.54, 1.807) is 23.6 Å². The quantitative estimate of drug-likeness (QED) is 0.823. The van der Waals surface area contributed by atoms with Crippen LogP contribution in [-0.4, -0.2) is 62.2 Å². The molecule has 1 aromatic heterocycles. The molecule has 0 radical (unpaired) electrons. The van der Waals surface area contributed by atoms with Gasteiger partial charge in [-0.3, -0.25) is 14.3 Å². The highest BCUT2D eigenvalue weighted by atomic mass is 32.2. The smallest absolute Gasteiger partial charge is 0.246 e. The van der Waals surface area contributed by atoms with Gasteiger partial charge in [-0.15, -0.1) is 11.8 Å². The van der Waals surface area contributed by atoms with Gasteiger partial charge < -0.3 is 9.80 Å². The number of likely N-dealkylation sites (tertiary alicyclic amines) is 1. The van der Waals surface area contributed by atoms with E-state index in [4.69, 9.17) is 0 Å². The predicted molar refractivity (Wildman–Crippen MR) is 90.2 cm³/mol. The second-order valence-corrected chi connectivity index (χ2v) is 7.46. The van der Waals surface area contributed by atoms with Gasteiger partial charge in [-0.25, -0.2) is 0 Å². The Morgan fingerprint density at radius 3 is 2.78 bits per heavy atom. The first-order valence-corrected chi connectivity index (χ1v) is 9.29. The Bertz CT molecular complexity index is 615. The number of aryl methyl sites for hydroxylation is 2. The number of carbonyl (C=O) groups excluding carboxylic acids is 2. The maximum Gasteiger partial charge on any atom is 0.246 e. The minimum Gasteiger partial charge on any atom is -0.339 e. The maximum absolute atomic E-state index is 12.9. The zero-order valence-electron chi connectivity index (χ0n) is 14.0. The second kappa shape index (κ2) is 6.55. The van der Waals surface area contributed by atoms with Crippen LogP contribution < -0.4 is 0 Å². The second-order valence-electron chi connectivity index (χ2n) is 6.46. The summed E-state index contributed by atoms with van der Waals surface area (Å²) in [6.07, 6.45) is 2.02. The van der Waals surface area contributed by atoms with Gasteiger partial charge in [0.1, 0.15) is 6.04 Å². The van der Waals surface area contributed by atoms with E-state index in [0.717, 1.165) is 30.8 Å². The van der Waals surface area contributed by atoms with Gasteiger partial charge in [0.05, 0.1) is 17.6 Å². The van der Waals surface area contributed by atoms with Crippen LogP contribution in [0.25, 0.3) is 0 Å². The molecule has 0 N–H and O–H groups in total. The minimum atomic E-state index is -0.295. The van der Waals surface area contributed by atoms with E-state index >= 15 is 0 Å². The summed E-state index contributed by atoms with van der Waals surface area (Å²) in [5.41, 5.74) is 2.16. The van der Waals surface area contributed by atoms with Gasteiger partial charge in [-0.1, -0.05) is 0 Å². The van der Waals surface area contributed by atoms with E-state index in [0.29, 0.717) is 18.2 Å². The molecular formula is C16H24N4O2S. The molecule has 3 rings (SSSR count). The van der Waals surface area contributed by atoms with Crippen molar-refractivity contribution in [1.29, 1.82) is 0 Å². The molecule has 0 aromatic carbocycles. The van der Waals surface area contributed by atoms with Crippen LogP contribution in [0.4, 0.5) is 0 Å². The van der Waals surface area contributed by atoms with Gasteiger partial charge in [0.15, 0.2) is 0 Å². The molecule has 0 bridgehead atoms. The average Bonchev–Trinajstić information content (AvgIpc) is 3.13. The zero-order chi connectivity index (χ0) is 16.6. The zero-order valence-corrected chi connectivity index (χ0v) is 14.8. The van der Waals surface area contributed by atoms with E-state index in [-0.39, 0.29) is 23.9 Å². The topological polar surface area (TPSA) is 58.4 Å². The Labute approximate surface area is 141 Å². The number of nitrogens with zero attached hydrogens (tertiary/aromatic N) is 4. The fourth-order valence-electron chi connectivity index (χ4n) is 3.54. The van der Waals surface area contributed by atoms with E-state index < -0.39 is 0 Å². The first-order chi connectivity index (χ1) is 11.0. The molecule has 2 atom stereocenters. The number of piperidine rings is 1. The third-order valence-corrected chi connectivity index (χ3v) is 5.68. The molecule has 7 heteroatoms. The van der Waals surface area contributed by atoms with E-state index in [2.05, 4.69) is 22.8 Å². The molecule has 126 valence electrons. The molecule has 2 aliphatic rings. The van der Waals surface area contributed by atoms with E-state index in [1.165, 1.54) is 0 Å². The van der Waals surface area contributed by atoms with Crippen LogP contribution >= 0.6 is 11.8 Å². The SMILES string of the molecule is CC(=O)N1CSC[C@@H]1C(=O)N1CCC[C@H](n2nc(C)cc2C)C1. The average molecular weight is 336 g/mol. The third kappa shape index (κ3) is 3.24. The van der Waals surface area contributed by atoms with Crippen LogP contribution in [0.3, 0.4) is 0 Å². The molecule has 6 nitrogen and oxygen atoms in total. The van der Waals surface area contributed by atoms with Gasteiger partial charge in [0, 0.05) is 31.5 Å². The van der Waals surface area contributed by atoms with E-state index in [9.17, 15) is 9.59 Å². The lowest BCUT2D eigenvalue weighted by molar-refractivity contribution is -0.143. The number of hydrogen-bond donors (Lipinski definition) is 0. The predicted octanol–water partition coefficient (Wildman–Crippen LogP) is 1.58. The fraction of sp³-hybridized carbons (Fsp3) is 0.688. The number of rotatable bonds is 2. The van der Waals surface area contributed by atoms with Crippen molar-refractivity contribution >= 4 is 23.6 Å². The van der Waals surface area contributed by atoms with Gasteiger partial charge in [0.2, 0.25) is 11.8 Å². The Hall–Kier alpha value is -1.50. The standard InChI is InChI=1S/C16H24N4O2S/c1-11-7-12(2)20(17-11)14-5-4-6-18(8-14)16(22)15-9-23-10-19(15)13(3)21/h7,14-15H,4-6,8-10H2,1-3H3/t14-,15+/m0/s1. The van der Waals surface area contributed by atoms with Crippen molar-refractivity contribution in [2.24, 2.45) is 0 Å². The van der Waals surface area contributed by atoms with Crippen LogP contribution in [0, 0.1) is 13.8 Å². The summed E-state index contributed by atoms with van der Waals surface area (Å²) in [5.74, 6) is 1.41. The minimum absolute atomic E-state index is 0.0135. The van der Waals surface area contributed by atoms with Crippen molar-refractivity contribution in [2.75, 3.05) is 24.7 Å². The van der Waals surface area contributed by atoms with E-state index in [1.807, 2.05) is 11.8 Å². The molecule has 2 saturated heterocycles. The lowest BCUT2D eigenvalue weighted by atomic mass is 10.0. The Balaban J connectivity index is 1.72. The Morgan fingerprint density at radius 2 is 2.13 bits per heavy atom. The van der Waals surface area contributed by atoms with Crippen molar-refractivity contribution in [3.05, 3.63) is 17.5 Å². The number of thioether (sulfide) groups is 1. The first-order valence-electron chi connectivity index (χ1n) is 8.14. The van der Waals surface area contributed by atoms with Gasteiger partial charge >= 0.3 is 0 Å². The third-order valence-electron chi connectivity index (χ3n) is 4.67. The Morgan fingerprint density at radius 1 is 1.35 bits per heavy atom. The largest absolute Gasteiger partial charge is 0.339 e. The molecule has 2 amide bonds. The maximum atomic E-state index is 12.9. The van der Waals surface area contributed by atoms with Crippen LogP contribution in [0.2, 0.25) is 0 Å². The number of hydrogen-bond acceptors (Lipinski definition) is 4. The van der Waals surface area contributed by atoms with Gasteiger partial charge in [-0.05, 0) is 32.8 Å². The lowest BCUT2D eigenvalue weighted by Crippen LogP contribution is -2.51. The molecule has 0 unspecified atom stereocenters. The normalized spacial score (nSPS) is 25.0. The van der Waals surface area contributed by atoms with Crippen molar-refractivity contribution in [1.82, 2.24) is 19.6 Å². The van der Waals surface area contributed by atoms with Gasteiger partial charge in [0.25, 0.3) is 0 Å². The summed E-state index contributed by atoms with van der Waals surface area (Å²) in [5, 5.41) is 4.58. The highest BCUT2D eigenvalue weighted by Gasteiger charge is 2.37. The summed E-state index contributed by atoms with van der Waals surface area (Å²) >= 11 is 1.65. The molecule has 0 aliphatic carbocycles. The van der Waals surface area contributed by atoms with Crippen LogP contribution in [0.1, 0.15) is 37.2 Å². The summed E-state index contributed by atoms with van der Waals surface area (Å²) in [7, 11) is 0. The molecule has 2 aliphatic heterocycles. The molecule has 0 spiro atoms. The van der Waals surface area contributed by atoms with Crippen LogP contribution in [0.15, 0.2) is 6.07 Å².